The van der Waals surface area contributed by atoms with Gasteiger partial charge in [-0.1, -0.05) is 58.0 Å². The smallest absolute Gasteiger partial charge is 0.192 e. The zero-order valence-corrected chi connectivity index (χ0v) is 20.3. The molecule has 2 rings (SSSR count). The lowest BCUT2D eigenvalue weighted by Gasteiger charge is -2.23. The predicted molar refractivity (Wildman–Crippen MR) is 137 cm³/mol. The van der Waals surface area contributed by atoms with E-state index in [4.69, 9.17) is 22.3 Å². The molecular formula is C18H26Br2N6S2. The molecule has 6 nitrogen and oxygen atoms in total. The standard InChI is InChI=1S/C18H24N6S2.2BrH/c19-17(20)23(15-7-3-1-4-8-15)11-13-25-26-14-12-24(18(21)22)16-9-5-2-6-10-16;;/h1-10H,11-14H2,(H3,19,20)(H3,21,22);2*1H. The van der Waals surface area contributed by atoms with Crippen molar-refractivity contribution in [3.8, 4) is 0 Å². The van der Waals surface area contributed by atoms with Gasteiger partial charge in [-0.3, -0.25) is 10.8 Å². The number of benzene rings is 2. The van der Waals surface area contributed by atoms with Crippen LogP contribution in [0, 0.1) is 10.8 Å². The Labute approximate surface area is 195 Å². The fourth-order valence-electron chi connectivity index (χ4n) is 2.37. The monoisotopic (exact) mass is 548 g/mol. The molecule has 0 unspecified atom stereocenters. The third-order valence-electron chi connectivity index (χ3n) is 3.60. The molecule has 0 aliphatic rings. The summed E-state index contributed by atoms with van der Waals surface area (Å²) in [5.74, 6) is 1.78. The molecule has 28 heavy (non-hydrogen) atoms. The van der Waals surface area contributed by atoms with Gasteiger partial charge in [-0.05, 0) is 24.3 Å². The number of rotatable bonds is 9. The van der Waals surface area contributed by atoms with Gasteiger partial charge < -0.3 is 21.3 Å². The summed E-state index contributed by atoms with van der Waals surface area (Å²) in [5, 5.41) is 15.5. The van der Waals surface area contributed by atoms with Crippen molar-refractivity contribution in [2.75, 3.05) is 34.4 Å². The Morgan fingerprint density at radius 1 is 0.679 bits per heavy atom. The summed E-state index contributed by atoms with van der Waals surface area (Å²) in [6.45, 7) is 1.35. The molecule has 0 bridgehead atoms. The number of nitrogens with zero attached hydrogens (tertiary/aromatic N) is 2. The summed E-state index contributed by atoms with van der Waals surface area (Å²) in [4.78, 5) is 3.58. The molecule has 10 heteroatoms. The lowest BCUT2D eigenvalue weighted by Crippen LogP contribution is -2.38. The number of nitrogens with one attached hydrogen (secondary N) is 2. The second-order valence-corrected chi connectivity index (χ2v) is 8.09. The largest absolute Gasteiger partial charge is 0.370 e. The van der Waals surface area contributed by atoms with E-state index in [0.29, 0.717) is 13.1 Å². The number of anilines is 2. The van der Waals surface area contributed by atoms with Crippen molar-refractivity contribution in [3.63, 3.8) is 0 Å². The number of hydrogen-bond acceptors (Lipinski definition) is 4. The second kappa shape index (κ2) is 14.6. The van der Waals surface area contributed by atoms with E-state index in [0.717, 1.165) is 22.9 Å². The van der Waals surface area contributed by atoms with Crippen molar-refractivity contribution >= 4 is 78.8 Å². The van der Waals surface area contributed by atoms with Crippen molar-refractivity contribution in [2.24, 2.45) is 11.5 Å². The first kappa shape index (κ1) is 26.6. The first-order valence-electron chi connectivity index (χ1n) is 8.17. The molecular weight excluding hydrogens is 524 g/mol. The molecule has 0 saturated heterocycles. The lowest BCUT2D eigenvalue weighted by molar-refractivity contribution is 1.04. The first-order valence-corrected chi connectivity index (χ1v) is 10.7. The van der Waals surface area contributed by atoms with Crippen LogP contribution in [0.25, 0.3) is 0 Å². The third-order valence-corrected chi connectivity index (χ3v) is 5.96. The van der Waals surface area contributed by atoms with Gasteiger partial charge in [0.15, 0.2) is 11.9 Å². The van der Waals surface area contributed by atoms with Crippen LogP contribution >= 0.6 is 55.6 Å². The van der Waals surface area contributed by atoms with Crippen LogP contribution in [0.2, 0.25) is 0 Å². The number of nitrogens with two attached hydrogens (primary N) is 2. The molecule has 0 fully saturated rings. The summed E-state index contributed by atoms with van der Waals surface area (Å²) in [5.41, 5.74) is 13.2. The summed E-state index contributed by atoms with van der Waals surface area (Å²) in [6, 6.07) is 19.4. The van der Waals surface area contributed by atoms with Crippen molar-refractivity contribution in [1.29, 1.82) is 10.8 Å². The Kier molecular flexibility index (Phi) is 13.9. The van der Waals surface area contributed by atoms with Crippen molar-refractivity contribution in [2.45, 2.75) is 0 Å². The lowest BCUT2D eigenvalue weighted by atomic mass is 10.3. The van der Waals surface area contributed by atoms with Crippen LogP contribution in [0.5, 0.6) is 0 Å². The molecule has 0 aliphatic heterocycles. The zero-order chi connectivity index (χ0) is 18.8. The number of guanidine groups is 2. The van der Waals surface area contributed by atoms with Crippen LogP contribution in [0.1, 0.15) is 0 Å². The van der Waals surface area contributed by atoms with Gasteiger partial charge in [0.25, 0.3) is 0 Å². The highest BCUT2D eigenvalue weighted by molar-refractivity contribution is 8.93. The van der Waals surface area contributed by atoms with Crippen LogP contribution in [0.15, 0.2) is 60.7 Å². The highest BCUT2D eigenvalue weighted by Gasteiger charge is 2.10. The zero-order valence-electron chi connectivity index (χ0n) is 15.3. The molecule has 2 aromatic carbocycles. The third kappa shape index (κ3) is 8.76. The van der Waals surface area contributed by atoms with Gasteiger partial charge in [-0.2, -0.15) is 0 Å². The van der Waals surface area contributed by atoms with Gasteiger partial charge in [0.1, 0.15) is 0 Å². The van der Waals surface area contributed by atoms with Crippen LogP contribution in [-0.2, 0) is 0 Å². The van der Waals surface area contributed by atoms with Crippen molar-refractivity contribution < 1.29 is 0 Å². The van der Waals surface area contributed by atoms with Gasteiger partial charge in [0.05, 0.1) is 0 Å². The average molecular weight is 550 g/mol. The molecule has 0 heterocycles. The fourth-order valence-corrected chi connectivity index (χ4v) is 4.27. The Morgan fingerprint density at radius 2 is 1.00 bits per heavy atom. The number of halogens is 2. The van der Waals surface area contributed by atoms with E-state index in [1.54, 1.807) is 31.4 Å². The van der Waals surface area contributed by atoms with Crippen LogP contribution in [0.3, 0.4) is 0 Å². The van der Waals surface area contributed by atoms with Crippen LogP contribution < -0.4 is 21.3 Å². The Morgan fingerprint density at radius 3 is 1.29 bits per heavy atom. The predicted octanol–water partition coefficient (Wildman–Crippen LogP) is 4.32. The molecule has 0 aromatic heterocycles. The van der Waals surface area contributed by atoms with Crippen LogP contribution in [-0.4, -0.2) is 36.5 Å². The van der Waals surface area contributed by atoms with Gasteiger partial charge in [-0.25, -0.2) is 0 Å². The van der Waals surface area contributed by atoms with Gasteiger partial charge in [-0.15, -0.1) is 34.0 Å². The van der Waals surface area contributed by atoms with E-state index >= 15 is 0 Å². The van der Waals surface area contributed by atoms with Crippen molar-refractivity contribution in [1.82, 2.24) is 0 Å². The highest BCUT2D eigenvalue weighted by Crippen LogP contribution is 2.23. The minimum absolute atomic E-state index is 0. The minimum atomic E-state index is 0. The molecule has 0 saturated carbocycles. The Hall–Kier alpha value is -1.36. The fraction of sp³-hybridized carbons (Fsp3) is 0.222. The maximum atomic E-state index is 7.75. The molecule has 0 atom stereocenters. The Bertz CT molecular complexity index is 644. The molecule has 2 aromatic rings. The van der Waals surface area contributed by atoms with E-state index < -0.39 is 0 Å². The number of hydrogen-bond donors (Lipinski definition) is 4. The molecule has 0 aliphatic carbocycles. The average Bonchev–Trinajstić information content (AvgIpc) is 2.65. The van der Waals surface area contributed by atoms with Crippen molar-refractivity contribution in [3.05, 3.63) is 60.7 Å². The number of para-hydroxylation sites is 2. The summed E-state index contributed by atoms with van der Waals surface area (Å²) < 4.78 is 0. The summed E-state index contributed by atoms with van der Waals surface area (Å²) in [7, 11) is 3.45. The maximum Gasteiger partial charge on any atom is 0.192 e. The second-order valence-electron chi connectivity index (χ2n) is 5.39. The molecule has 0 amide bonds. The van der Waals surface area contributed by atoms with Gasteiger partial charge in [0, 0.05) is 36.0 Å². The SMILES string of the molecule is Br.Br.N=C(N)N(CCSSCCN(C(=N)N)c1ccccc1)c1ccccc1. The van der Waals surface area contributed by atoms with E-state index in [1.807, 2.05) is 60.7 Å². The topological polar surface area (TPSA) is 106 Å². The summed E-state index contributed by atoms with van der Waals surface area (Å²) >= 11 is 0. The van der Waals surface area contributed by atoms with E-state index in [-0.39, 0.29) is 45.9 Å². The summed E-state index contributed by atoms with van der Waals surface area (Å²) in [6.07, 6.45) is 0. The minimum Gasteiger partial charge on any atom is -0.370 e. The van der Waals surface area contributed by atoms with E-state index in [2.05, 4.69) is 0 Å². The first-order chi connectivity index (χ1) is 12.6. The van der Waals surface area contributed by atoms with Crippen LogP contribution in [0.4, 0.5) is 11.4 Å². The molecule has 154 valence electrons. The van der Waals surface area contributed by atoms with Gasteiger partial charge in [0.2, 0.25) is 0 Å². The molecule has 0 radical (unpaired) electrons. The quantitative estimate of drug-likeness (QED) is 0.160. The highest BCUT2D eigenvalue weighted by atomic mass is 79.9. The molecule has 0 spiro atoms. The Balaban J connectivity index is 0.00000364. The van der Waals surface area contributed by atoms with E-state index in [9.17, 15) is 0 Å². The normalized spacial score (nSPS) is 9.57. The molecule has 6 N–H and O–H groups in total. The maximum absolute atomic E-state index is 7.75. The van der Waals surface area contributed by atoms with E-state index in [1.165, 1.54) is 0 Å². The van der Waals surface area contributed by atoms with Gasteiger partial charge >= 0.3 is 0 Å².